The molecule has 0 aromatic rings. The number of hydrogen-bond donors (Lipinski definition) is 0. The Morgan fingerprint density at radius 3 is 1.22 bits per heavy atom. The lowest BCUT2D eigenvalue weighted by molar-refractivity contribution is -0.0825. The second kappa shape index (κ2) is 5.94. The molecule has 0 atom stereocenters. The van der Waals surface area contributed by atoms with E-state index in [0.717, 1.165) is 0 Å². The van der Waals surface area contributed by atoms with Crippen molar-refractivity contribution in [1.82, 2.24) is 0 Å². The highest BCUT2D eigenvalue weighted by molar-refractivity contribution is 7.42. The van der Waals surface area contributed by atoms with Crippen molar-refractivity contribution in [3.05, 3.63) is 0 Å². The first-order chi connectivity index (χ1) is 8.41. The van der Waals surface area contributed by atoms with Crippen LogP contribution in [0.3, 0.4) is 0 Å². The minimum absolute atomic E-state index is 0.569. The van der Waals surface area contributed by atoms with Gasteiger partial charge in [0.2, 0.25) is 0 Å². The van der Waals surface area contributed by atoms with Crippen LogP contribution in [-0.2, 0) is 27.1 Å². The molecule has 0 bridgehead atoms. The van der Waals surface area contributed by atoms with E-state index in [0.29, 0.717) is 26.4 Å². The zero-order valence-electron chi connectivity index (χ0n) is 11.2. The summed E-state index contributed by atoms with van der Waals surface area (Å²) in [4.78, 5) is 0. The van der Waals surface area contributed by atoms with Gasteiger partial charge in [-0.25, -0.2) is 0 Å². The van der Waals surface area contributed by atoms with Crippen molar-refractivity contribution in [2.75, 3.05) is 26.4 Å². The lowest BCUT2D eigenvalue weighted by Crippen LogP contribution is -2.47. The molecule has 2 heterocycles. The van der Waals surface area contributed by atoms with Crippen LogP contribution in [0.5, 0.6) is 0 Å². The number of rotatable bonds is 5. The van der Waals surface area contributed by atoms with Gasteiger partial charge in [0.1, 0.15) is 11.2 Å². The Balaban J connectivity index is 1.92. The maximum atomic E-state index is 5.87. The predicted molar refractivity (Wildman–Crippen MR) is 68.0 cm³/mol. The van der Waals surface area contributed by atoms with Gasteiger partial charge >= 0.3 is 17.2 Å². The van der Waals surface area contributed by atoms with Crippen molar-refractivity contribution < 1.29 is 27.1 Å². The molecule has 18 heavy (non-hydrogen) atoms. The molecular weight excluding hydrogens is 278 g/mol. The Bertz CT molecular complexity index is 246. The van der Waals surface area contributed by atoms with Gasteiger partial charge in [-0.05, 0) is 27.7 Å². The zero-order valence-corrected chi connectivity index (χ0v) is 13.0. The van der Waals surface area contributed by atoms with Crippen LogP contribution in [0.25, 0.3) is 0 Å². The van der Waals surface area contributed by atoms with Gasteiger partial charge in [-0.2, -0.15) is 0 Å². The smallest absolute Gasteiger partial charge is 0.310 e. The third-order valence-corrected chi connectivity index (χ3v) is 5.79. The first kappa shape index (κ1) is 15.0. The molecule has 0 N–H and O–H groups in total. The molecule has 0 spiro atoms. The van der Waals surface area contributed by atoms with E-state index in [-0.39, 0.29) is 0 Å². The summed E-state index contributed by atoms with van der Waals surface area (Å²) in [6.07, 6.45) is 0. The van der Waals surface area contributed by atoms with E-state index in [1.165, 1.54) is 0 Å². The van der Waals surface area contributed by atoms with Crippen LogP contribution >= 0.6 is 17.2 Å². The van der Waals surface area contributed by atoms with Crippen LogP contribution in [0.2, 0.25) is 0 Å². The molecule has 8 heteroatoms. The van der Waals surface area contributed by atoms with Gasteiger partial charge in [0.25, 0.3) is 0 Å². The topological polar surface area (TPSA) is 55.4 Å². The van der Waals surface area contributed by atoms with E-state index < -0.39 is 28.4 Å². The number of hydrogen-bond acceptors (Lipinski definition) is 6. The molecule has 0 aliphatic carbocycles. The molecular formula is C10H20O6P2. The van der Waals surface area contributed by atoms with Crippen molar-refractivity contribution >= 4 is 17.2 Å². The minimum Gasteiger partial charge on any atom is -0.310 e. The van der Waals surface area contributed by atoms with E-state index in [1.54, 1.807) is 0 Å². The average molecular weight is 298 g/mol. The summed E-state index contributed by atoms with van der Waals surface area (Å²) < 4.78 is 33.2. The molecule has 0 radical (unpaired) electrons. The normalized spacial score (nSPS) is 24.0. The summed E-state index contributed by atoms with van der Waals surface area (Å²) in [5.41, 5.74) is -1.14. The maximum Gasteiger partial charge on any atom is 0.333 e. The average Bonchev–Trinajstić information content (AvgIpc) is 2.89. The summed E-state index contributed by atoms with van der Waals surface area (Å²) in [6, 6.07) is 0. The predicted octanol–water partition coefficient (Wildman–Crippen LogP) is 3.12. The van der Waals surface area contributed by atoms with Crippen LogP contribution in [0.1, 0.15) is 27.7 Å². The van der Waals surface area contributed by atoms with Gasteiger partial charge in [-0.15, -0.1) is 0 Å². The van der Waals surface area contributed by atoms with Crippen LogP contribution in [0, 0.1) is 0 Å². The third kappa shape index (κ3) is 3.59. The van der Waals surface area contributed by atoms with Crippen molar-refractivity contribution in [3.8, 4) is 0 Å². The summed E-state index contributed by atoms with van der Waals surface area (Å²) in [5, 5.41) is 0. The van der Waals surface area contributed by atoms with Gasteiger partial charge in [0, 0.05) is 0 Å². The van der Waals surface area contributed by atoms with Crippen LogP contribution < -0.4 is 0 Å². The quantitative estimate of drug-likeness (QED) is 0.727. The van der Waals surface area contributed by atoms with Crippen molar-refractivity contribution in [2.45, 2.75) is 38.9 Å². The molecule has 0 aromatic carbocycles. The fourth-order valence-electron chi connectivity index (χ4n) is 1.22. The van der Waals surface area contributed by atoms with E-state index in [4.69, 9.17) is 27.1 Å². The highest BCUT2D eigenvalue weighted by Gasteiger charge is 2.46. The summed E-state index contributed by atoms with van der Waals surface area (Å²) in [6.45, 7) is 10.1. The maximum absolute atomic E-state index is 5.87. The molecule has 0 unspecified atom stereocenters. The van der Waals surface area contributed by atoms with Crippen molar-refractivity contribution in [3.63, 3.8) is 0 Å². The van der Waals surface area contributed by atoms with Crippen molar-refractivity contribution in [1.29, 1.82) is 0 Å². The third-order valence-electron chi connectivity index (χ3n) is 3.01. The Hall–Kier alpha value is 0.620. The highest BCUT2D eigenvalue weighted by Crippen LogP contribution is 2.54. The largest absolute Gasteiger partial charge is 0.333 e. The van der Waals surface area contributed by atoms with Gasteiger partial charge < -0.3 is 27.1 Å². The lowest BCUT2D eigenvalue weighted by atomic mass is 9.90. The second-order valence-corrected chi connectivity index (χ2v) is 7.28. The van der Waals surface area contributed by atoms with Crippen molar-refractivity contribution in [2.24, 2.45) is 0 Å². The molecule has 2 saturated heterocycles. The first-order valence-electron chi connectivity index (χ1n) is 5.91. The molecule has 6 nitrogen and oxygen atoms in total. The molecule has 2 aliphatic heterocycles. The standard InChI is InChI=1S/C10H20O6P2/c1-9(2,15-17-11-5-6-12-17)10(3,4)16-18-13-7-8-14-18/h5-8H2,1-4H3. The molecule has 2 fully saturated rings. The van der Waals surface area contributed by atoms with Gasteiger partial charge in [-0.1, -0.05) is 0 Å². The molecule has 2 rings (SSSR count). The molecule has 0 amide bonds. The fraction of sp³-hybridized carbons (Fsp3) is 1.00. The Morgan fingerprint density at radius 2 is 0.944 bits per heavy atom. The Morgan fingerprint density at radius 1 is 0.667 bits per heavy atom. The molecule has 2 aliphatic rings. The second-order valence-electron chi connectivity index (χ2n) is 4.98. The first-order valence-corrected chi connectivity index (χ1v) is 8.10. The van der Waals surface area contributed by atoms with E-state index >= 15 is 0 Å². The highest BCUT2D eigenvalue weighted by atomic mass is 31.2. The van der Waals surface area contributed by atoms with Crippen LogP contribution in [0.15, 0.2) is 0 Å². The van der Waals surface area contributed by atoms with E-state index in [2.05, 4.69) is 0 Å². The van der Waals surface area contributed by atoms with E-state index in [1.807, 2.05) is 27.7 Å². The van der Waals surface area contributed by atoms with Gasteiger partial charge in [-0.3, -0.25) is 0 Å². The Labute approximate surface area is 110 Å². The summed E-state index contributed by atoms with van der Waals surface area (Å²) >= 11 is 0. The molecule has 0 saturated carbocycles. The summed E-state index contributed by atoms with van der Waals surface area (Å²) in [7, 11) is -2.54. The SMILES string of the molecule is CC(C)(OP1OCCO1)C(C)(C)OP1OCCO1. The van der Waals surface area contributed by atoms with Gasteiger partial charge in [0.05, 0.1) is 26.4 Å². The summed E-state index contributed by atoms with van der Waals surface area (Å²) in [5.74, 6) is 0. The zero-order chi connectivity index (χ0) is 13.2. The monoisotopic (exact) mass is 298 g/mol. The van der Waals surface area contributed by atoms with Gasteiger partial charge in [0.15, 0.2) is 0 Å². The van der Waals surface area contributed by atoms with Crippen LogP contribution in [-0.4, -0.2) is 37.6 Å². The lowest BCUT2D eigenvalue weighted by Gasteiger charge is -2.41. The van der Waals surface area contributed by atoms with E-state index in [9.17, 15) is 0 Å². The van der Waals surface area contributed by atoms with Crippen LogP contribution in [0.4, 0.5) is 0 Å². The Kier molecular flexibility index (Phi) is 4.96. The fourth-order valence-corrected chi connectivity index (χ4v) is 3.66. The molecule has 106 valence electrons. The molecule has 0 aromatic heterocycles. The minimum atomic E-state index is -1.27.